The molecule has 2 aromatic rings. The zero-order valence-electron chi connectivity index (χ0n) is 10.6. The van der Waals surface area contributed by atoms with E-state index in [-0.39, 0.29) is 0 Å². The predicted molar refractivity (Wildman–Crippen MR) is 77.7 cm³/mol. The average Bonchev–Trinajstić information content (AvgIpc) is 2.38. The Morgan fingerprint density at radius 1 is 1.17 bits per heavy atom. The number of thioether (sulfide) groups is 1. The summed E-state index contributed by atoms with van der Waals surface area (Å²) < 4.78 is 0. The molecular formula is C15H18N2S. The summed E-state index contributed by atoms with van der Waals surface area (Å²) in [5.74, 6) is 0.963. The third-order valence-corrected chi connectivity index (χ3v) is 3.71. The van der Waals surface area contributed by atoms with Crippen molar-refractivity contribution in [3.05, 3.63) is 59.3 Å². The van der Waals surface area contributed by atoms with Crippen LogP contribution in [0.2, 0.25) is 0 Å². The highest BCUT2D eigenvalue weighted by Gasteiger charge is 1.99. The van der Waals surface area contributed by atoms with Gasteiger partial charge < -0.3 is 5.73 Å². The highest BCUT2D eigenvalue weighted by Crippen LogP contribution is 2.21. The first-order chi connectivity index (χ1) is 8.78. The minimum absolute atomic E-state index is 0.678. The van der Waals surface area contributed by atoms with E-state index in [1.807, 2.05) is 6.20 Å². The summed E-state index contributed by atoms with van der Waals surface area (Å²) in [7, 11) is 0. The Morgan fingerprint density at radius 2 is 2.06 bits per heavy atom. The van der Waals surface area contributed by atoms with Gasteiger partial charge >= 0.3 is 0 Å². The topological polar surface area (TPSA) is 38.9 Å². The normalized spacial score (nSPS) is 10.6. The van der Waals surface area contributed by atoms with Crippen molar-refractivity contribution in [1.82, 2.24) is 4.98 Å². The number of pyridine rings is 1. The van der Waals surface area contributed by atoms with Gasteiger partial charge in [0.25, 0.3) is 0 Å². The van der Waals surface area contributed by atoms with E-state index in [1.165, 1.54) is 16.7 Å². The van der Waals surface area contributed by atoms with Crippen LogP contribution >= 0.6 is 11.8 Å². The van der Waals surface area contributed by atoms with Crippen LogP contribution in [0.3, 0.4) is 0 Å². The second-order valence-electron chi connectivity index (χ2n) is 4.32. The van der Waals surface area contributed by atoms with Crippen LogP contribution in [-0.2, 0) is 12.2 Å². The molecule has 2 N–H and O–H groups in total. The molecule has 0 amide bonds. The van der Waals surface area contributed by atoms with Crippen molar-refractivity contribution in [3.8, 4) is 0 Å². The number of hydrogen-bond donors (Lipinski definition) is 1. The van der Waals surface area contributed by atoms with E-state index in [9.17, 15) is 0 Å². The SMILES string of the molecule is Cc1cccc(CSc2ccc(CCN)cn2)c1. The Balaban J connectivity index is 1.93. The zero-order chi connectivity index (χ0) is 12.8. The number of aryl methyl sites for hydroxylation is 1. The molecule has 0 fully saturated rings. The van der Waals surface area contributed by atoms with E-state index in [0.29, 0.717) is 6.54 Å². The average molecular weight is 258 g/mol. The second-order valence-corrected chi connectivity index (χ2v) is 5.32. The van der Waals surface area contributed by atoms with Crippen molar-refractivity contribution in [2.75, 3.05) is 6.54 Å². The third-order valence-electron chi connectivity index (χ3n) is 2.70. The number of nitrogens with two attached hydrogens (primary N) is 1. The zero-order valence-corrected chi connectivity index (χ0v) is 11.4. The summed E-state index contributed by atoms with van der Waals surface area (Å²) >= 11 is 1.77. The van der Waals surface area contributed by atoms with Gasteiger partial charge in [-0.3, -0.25) is 0 Å². The Hall–Kier alpha value is -1.32. The third kappa shape index (κ3) is 3.86. The molecule has 0 unspecified atom stereocenters. The molecule has 94 valence electrons. The number of aromatic nitrogens is 1. The van der Waals surface area contributed by atoms with Gasteiger partial charge in [0.1, 0.15) is 0 Å². The van der Waals surface area contributed by atoms with Crippen LogP contribution in [0.15, 0.2) is 47.6 Å². The first-order valence-corrected chi connectivity index (χ1v) is 7.10. The van der Waals surface area contributed by atoms with Gasteiger partial charge in [-0.25, -0.2) is 4.98 Å². The number of benzene rings is 1. The molecule has 0 radical (unpaired) electrons. The minimum Gasteiger partial charge on any atom is -0.330 e. The molecule has 0 aliphatic carbocycles. The van der Waals surface area contributed by atoms with Gasteiger partial charge in [0.05, 0.1) is 5.03 Å². The summed E-state index contributed by atoms with van der Waals surface area (Å²) in [4.78, 5) is 4.44. The van der Waals surface area contributed by atoms with Gasteiger partial charge in [-0.2, -0.15) is 0 Å². The minimum atomic E-state index is 0.678. The summed E-state index contributed by atoms with van der Waals surface area (Å²) in [5, 5.41) is 1.07. The van der Waals surface area contributed by atoms with Gasteiger partial charge in [-0.1, -0.05) is 35.9 Å². The van der Waals surface area contributed by atoms with Crippen molar-refractivity contribution in [2.45, 2.75) is 24.1 Å². The van der Waals surface area contributed by atoms with Crippen molar-refractivity contribution < 1.29 is 0 Å². The highest BCUT2D eigenvalue weighted by atomic mass is 32.2. The molecule has 0 saturated heterocycles. The fraction of sp³-hybridized carbons (Fsp3) is 0.267. The van der Waals surface area contributed by atoms with Gasteiger partial charge in [-0.15, -0.1) is 11.8 Å². The maximum atomic E-state index is 5.51. The Morgan fingerprint density at radius 3 is 2.72 bits per heavy atom. The molecule has 2 rings (SSSR count). The largest absolute Gasteiger partial charge is 0.330 e. The van der Waals surface area contributed by atoms with Crippen molar-refractivity contribution in [2.24, 2.45) is 5.73 Å². The van der Waals surface area contributed by atoms with E-state index in [4.69, 9.17) is 5.73 Å². The number of hydrogen-bond acceptors (Lipinski definition) is 3. The molecule has 2 nitrogen and oxygen atoms in total. The van der Waals surface area contributed by atoms with Crippen molar-refractivity contribution >= 4 is 11.8 Å². The van der Waals surface area contributed by atoms with E-state index in [0.717, 1.165) is 17.2 Å². The Bertz CT molecular complexity index is 494. The van der Waals surface area contributed by atoms with Crippen LogP contribution in [0.25, 0.3) is 0 Å². The summed E-state index contributed by atoms with van der Waals surface area (Å²) in [5.41, 5.74) is 9.37. The first kappa shape index (κ1) is 13.1. The molecule has 1 aromatic heterocycles. The Labute approximate surface area is 113 Å². The lowest BCUT2D eigenvalue weighted by atomic mass is 10.2. The van der Waals surface area contributed by atoms with Crippen LogP contribution < -0.4 is 5.73 Å². The monoisotopic (exact) mass is 258 g/mol. The van der Waals surface area contributed by atoms with Crippen molar-refractivity contribution in [1.29, 1.82) is 0 Å². The van der Waals surface area contributed by atoms with Crippen LogP contribution in [0.1, 0.15) is 16.7 Å². The number of rotatable bonds is 5. The van der Waals surface area contributed by atoms with Crippen LogP contribution in [-0.4, -0.2) is 11.5 Å². The standard InChI is InChI=1S/C15H18N2S/c1-12-3-2-4-14(9-12)11-18-15-6-5-13(7-8-16)10-17-15/h2-6,9-10H,7-8,11,16H2,1H3. The molecule has 1 heterocycles. The molecule has 1 aromatic carbocycles. The van der Waals surface area contributed by atoms with Crippen LogP contribution in [0.5, 0.6) is 0 Å². The van der Waals surface area contributed by atoms with E-state index in [2.05, 4.69) is 48.3 Å². The van der Waals surface area contributed by atoms with E-state index >= 15 is 0 Å². The molecule has 18 heavy (non-hydrogen) atoms. The number of nitrogens with zero attached hydrogens (tertiary/aromatic N) is 1. The fourth-order valence-electron chi connectivity index (χ4n) is 1.77. The van der Waals surface area contributed by atoms with Crippen LogP contribution in [0.4, 0.5) is 0 Å². The molecule has 3 heteroatoms. The molecule has 0 atom stereocenters. The van der Waals surface area contributed by atoms with E-state index < -0.39 is 0 Å². The Kier molecular flexibility index (Phi) is 4.79. The molecule has 0 bridgehead atoms. The van der Waals surface area contributed by atoms with Crippen LogP contribution in [0, 0.1) is 6.92 Å². The maximum Gasteiger partial charge on any atom is 0.0963 e. The lowest BCUT2D eigenvalue weighted by molar-refractivity contribution is 0.945. The molecule has 0 aliphatic rings. The summed E-state index contributed by atoms with van der Waals surface area (Å²) in [6.07, 6.45) is 2.82. The molecule has 0 saturated carbocycles. The second kappa shape index (κ2) is 6.57. The first-order valence-electron chi connectivity index (χ1n) is 6.11. The molecule has 0 spiro atoms. The molecular weight excluding hydrogens is 240 g/mol. The quantitative estimate of drug-likeness (QED) is 0.837. The smallest absolute Gasteiger partial charge is 0.0963 e. The highest BCUT2D eigenvalue weighted by molar-refractivity contribution is 7.98. The molecule has 0 aliphatic heterocycles. The van der Waals surface area contributed by atoms with Gasteiger partial charge in [0.15, 0.2) is 0 Å². The van der Waals surface area contributed by atoms with Gasteiger partial charge in [0.2, 0.25) is 0 Å². The van der Waals surface area contributed by atoms with Gasteiger partial charge in [0, 0.05) is 11.9 Å². The fourth-order valence-corrected chi connectivity index (χ4v) is 2.56. The lowest BCUT2D eigenvalue weighted by Crippen LogP contribution is -2.02. The summed E-state index contributed by atoms with van der Waals surface area (Å²) in [6.45, 7) is 2.80. The van der Waals surface area contributed by atoms with Crippen molar-refractivity contribution in [3.63, 3.8) is 0 Å². The summed E-state index contributed by atoms with van der Waals surface area (Å²) in [6, 6.07) is 12.8. The lowest BCUT2D eigenvalue weighted by Gasteiger charge is -2.03. The predicted octanol–water partition coefficient (Wildman–Crippen LogP) is 3.18. The van der Waals surface area contributed by atoms with Gasteiger partial charge in [-0.05, 0) is 37.1 Å². The van der Waals surface area contributed by atoms with E-state index in [1.54, 1.807) is 11.8 Å². The maximum absolute atomic E-state index is 5.51.